The number of ketones is 1. The lowest BCUT2D eigenvalue weighted by atomic mass is 9.78. The summed E-state index contributed by atoms with van der Waals surface area (Å²) >= 11 is 1.47. The van der Waals surface area contributed by atoms with Crippen LogP contribution in [0.15, 0.2) is 28.8 Å². The van der Waals surface area contributed by atoms with Crippen LogP contribution in [-0.4, -0.2) is 160 Å². The number of likely N-dealkylation sites (tertiary alicyclic amines) is 3. The van der Waals surface area contributed by atoms with Gasteiger partial charge in [0.15, 0.2) is 11.5 Å². The number of carbonyl (C=O) groups excluding carboxylic acids is 5. The van der Waals surface area contributed by atoms with Crippen LogP contribution in [0.25, 0.3) is 0 Å². The molecule has 0 aliphatic carbocycles. The maximum Gasteiger partial charge on any atom is 0.353 e. The smallest absolute Gasteiger partial charge is 0.353 e. The first kappa shape index (κ1) is 55.1. The number of piperidine rings is 1. The van der Waals surface area contributed by atoms with E-state index in [0.717, 1.165) is 37.7 Å². The second kappa shape index (κ2) is 22.3. The number of carbonyl (C=O) groups is 6. The van der Waals surface area contributed by atoms with E-state index in [9.17, 15) is 39.0 Å². The summed E-state index contributed by atoms with van der Waals surface area (Å²) in [7, 11) is 5.13. The van der Waals surface area contributed by atoms with Gasteiger partial charge >= 0.3 is 11.9 Å². The van der Waals surface area contributed by atoms with Gasteiger partial charge in [-0.25, -0.2) is 9.59 Å². The first-order valence-electron chi connectivity index (χ1n) is 25.5. The number of carboxylic acid groups (broad SMARTS) is 1. The number of esters is 1. The van der Waals surface area contributed by atoms with E-state index in [-0.39, 0.29) is 57.8 Å². The van der Waals surface area contributed by atoms with Crippen molar-refractivity contribution in [3.63, 3.8) is 0 Å². The van der Waals surface area contributed by atoms with Crippen molar-refractivity contribution in [2.24, 2.45) is 22.7 Å². The van der Waals surface area contributed by atoms with Crippen molar-refractivity contribution in [1.29, 1.82) is 0 Å². The number of nitrogens with one attached hydrogen (secondary N) is 1. The summed E-state index contributed by atoms with van der Waals surface area (Å²) in [5.41, 5.74) is -0.348. The second-order valence-electron chi connectivity index (χ2n) is 22.7. The van der Waals surface area contributed by atoms with Crippen molar-refractivity contribution in [2.75, 3.05) is 47.4 Å². The number of methoxy groups -OCH3 is 2. The summed E-state index contributed by atoms with van der Waals surface area (Å²) < 4.78 is 17.4. The zero-order chi connectivity index (χ0) is 51.6. The quantitative estimate of drug-likeness (QED) is 0.0689. The van der Waals surface area contributed by atoms with Crippen molar-refractivity contribution in [3.05, 3.63) is 34.4 Å². The van der Waals surface area contributed by atoms with Gasteiger partial charge in [-0.2, -0.15) is 0 Å². The van der Waals surface area contributed by atoms with Gasteiger partial charge in [-0.1, -0.05) is 47.6 Å². The van der Waals surface area contributed by atoms with Crippen LogP contribution in [0.5, 0.6) is 11.5 Å². The Balaban J connectivity index is 1.05. The molecule has 70 heavy (non-hydrogen) atoms. The van der Waals surface area contributed by atoms with Gasteiger partial charge in [-0.3, -0.25) is 24.1 Å². The third-order valence-corrected chi connectivity index (χ3v) is 17.4. The van der Waals surface area contributed by atoms with Crippen LogP contribution in [0.4, 0.5) is 0 Å². The third kappa shape index (κ3) is 12.2. The van der Waals surface area contributed by atoms with Crippen molar-refractivity contribution in [2.45, 2.75) is 180 Å². The highest BCUT2D eigenvalue weighted by atomic mass is 32.2. The minimum atomic E-state index is -1.15. The molecule has 0 saturated carbocycles. The molecule has 4 fully saturated rings. The standard InChI is InChI=1S/C53H81N5O11S/c1-13-52(6,7)45(60)48(63)57-24-15-14-16-37(57)50(66)69-35(19-17-33-18-20-39(67-11)40(26-33)68-12)28-51(4,5)22-23-53(8,9)54-34-21-25-56(29-34)46(61)38-27-36(30-55(38)10)70-44-31(2)42-41(32(3)59)47(62)58(42)43(44)49(64)65/h18,20,26,31-32,34-38,41-42,54,59H,13-17,19,21-25,27-30H2,1-12H3,(H,64,65)/t31-,32-,34+,35-,36+,37+,38+,41-,42-/m1/s1. The van der Waals surface area contributed by atoms with Crippen molar-refractivity contribution >= 4 is 47.2 Å². The lowest BCUT2D eigenvalue weighted by molar-refractivity contribution is -0.165. The van der Waals surface area contributed by atoms with Gasteiger partial charge < -0.3 is 44.4 Å². The van der Waals surface area contributed by atoms with Gasteiger partial charge in [0.1, 0.15) is 17.8 Å². The summed E-state index contributed by atoms with van der Waals surface area (Å²) in [6.07, 6.45) is 5.85. The normalized spacial score (nSPS) is 26.2. The summed E-state index contributed by atoms with van der Waals surface area (Å²) in [5.74, 6) is -2.60. The fourth-order valence-electron chi connectivity index (χ4n) is 11.3. The van der Waals surface area contributed by atoms with E-state index in [1.807, 2.05) is 44.0 Å². The van der Waals surface area contributed by atoms with E-state index >= 15 is 0 Å². The highest BCUT2D eigenvalue weighted by Gasteiger charge is 2.60. The number of thioether (sulfide) groups is 1. The number of amides is 3. The SMILES string of the molecule is CCC(C)(C)C(=O)C(=O)N1CCCC[C@H]1C(=O)O[C@H](CCc1ccc(OC)c(OC)c1)CC(C)(C)CCC(C)(C)N[C@H]1CCN(C(=O)[C@@H]2C[C@H](SC3=C(C(=O)O)N4C(=O)[C@H]([C@@H](C)O)[C@H]4[C@H]3C)CN2C)C1. The van der Waals surface area contributed by atoms with Gasteiger partial charge in [-0.05, 0) is 122 Å². The molecule has 3 N–H and O–H groups in total. The lowest BCUT2D eigenvalue weighted by Crippen LogP contribution is -2.63. The van der Waals surface area contributed by atoms with Gasteiger partial charge in [0.05, 0.1) is 38.3 Å². The molecular weight excluding hydrogens is 915 g/mol. The molecule has 390 valence electrons. The molecule has 9 atom stereocenters. The van der Waals surface area contributed by atoms with Gasteiger partial charge in [-0.15, -0.1) is 11.8 Å². The first-order chi connectivity index (χ1) is 32.8. The third-order valence-electron chi connectivity index (χ3n) is 15.9. The fraction of sp³-hybridized carbons (Fsp3) is 0.736. The van der Waals surface area contributed by atoms with E-state index in [4.69, 9.17) is 14.2 Å². The molecule has 3 amide bonds. The Bertz CT molecular complexity index is 2160. The highest BCUT2D eigenvalue weighted by Crippen LogP contribution is 2.52. The van der Waals surface area contributed by atoms with Crippen LogP contribution in [0, 0.1) is 22.7 Å². The minimum Gasteiger partial charge on any atom is -0.493 e. The largest absolute Gasteiger partial charge is 0.493 e. The van der Waals surface area contributed by atoms with Gasteiger partial charge in [0.25, 0.3) is 5.91 Å². The van der Waals surface area contributed by atoms with E-state index < -0.39 is 53.2 Å². The molecule has 6 rings (SSSR count). The number of Topliss-reactive ketones (excluding diaryl/α,β-unsaturated/α-hetero) is 1. The molecule has 0 unspecified atom stereocenters. The number of aryl methyl sites for hydroxylation is 1. The number of aliphatic hydroxyl groups excluding tert-OH is 1. The van der Waals surface area contributed by atoms with Crippen molar-refractivity contribution in [1.82, 2.24) is 24.9 Å². The molecule has 5 aliphatic rings. The fourth-order valence-corrected chi connectivity index (χ4v) is 12.9. The number of rotatable bonds is 22. The predicted molar refractivity (Wildman–Crippen MR) is 268 cm³/mol. The van der Waals surface area contributed by atoms with E-state index in [0.29, 0.717) is 81.1 Å². The van der Waals surface area contributed by atoms with E-state index in [2.05, 4.69) is 37.9 Å². The highest BCUT2D eigenvalue weighted by molar-refractivity contribution is 8.03. The monoisotopic (exact) mass is 996 g/mol. The number of nitrogens with zero attached hydrogens (tertiary/aromatic N) is 4. The number of hydrogen-bond donors (Lipinski definition) is 3. The van der Waals surface area contributed by atoms with Gasteiger partial charge in [0, 0.05) is 59.2 Å². The Morgan fingerprint density at radius 1 is 0.943 bits per heavy atom. The molecule has 5 heterocycles. The maximum absolute atomic E-state index is 14.2. The van der Waals surface area contributed by atoms with Crippen LogP contribution < -0.4 is 14.8 Å². The number of ether oxygens (including phenoxy) is 3. The average molecular weight is 996 g/mol. The van der Waals surface area contributed by atoms with Crippen LogP contribution in [0.2, 0.25) is 0 Å². The second-order valence-corrected chi connectivity index (χ2v) is 24.1. The summed E-state index contributed by atoms with van der Waals surface area (Å²) in [4.78, 5) is 88.0. The number of hydrogen-bond acceptors (Lipinski definition) is 13. The molecular formula is C53H81N5O11S. The molecule has 0 bridgehead atoms. The van der Waals surface area contributed by atoms with Crippen molar-refractivity contribution < 1.29 is 53.2 Å². The lowest BCUT2D eigenvalue weighted by Gasteiger charge is -2.46. The Kier molecular flexibility index (Phi) is 17.6. The Labute approximate surface area is 419 Å². The number of β-lactam (4-membered cyclic amide) rings is 1. The molecule has 17 heteroatoms. The number of aliphatic carboxylic acids is 1. The molecule has 1 aromatic rings. The number of aliphatic hydroxyl groups is 1. The first-order valence-corrected chi connectivity index (χ1v) is 26.4. The zero-order valence-corrected chi connectivity index (χ0v) is 44.6. The maximum atomic E-state index is 14.2. The van der Waals surface area contributed by atoms with E-state index in [1.165, 1.54) is 21.6 Å². The summed E-state index contributed by atoms with van der Waals surface area (Å²) in [5, 5.41) is 24.3. The van der Waals surface area contributed by atoms with Crippen LogP contribution in [-0.2, 0) is 39.9 Å². The molecule has 0 radical (unpaired) electrons. The number of benzene rings is 1. The molecule has 0 aromatic heterocycles. The summed E-state index contributed by atoms with van der Waals surface area (Å²) in [6.45, 7) is 19.8. The molecule has 1 aromatic carbocycles. The van der Waals surface area contributed by atoms with Crippen LogP contribution >= 0.6 is 11.8 Å². The number of carboxylic acids is 1. The molecule has 0 spiro atoms. The number of likely N-dealkylation sites (N-methyl/N-ethyl adjacent to an activating group) is 1. The van der Waals surface area contributed by atoms with Crippen molar-refractivity contribution in [3.8, 4) is 11.5 Å². The topological polar surface area (TPSA) is 196 Å². The Morgan fingerprint density at radius 3 is 2.29 bits per heavy atom. The zero-order valence-electron chi connectivity index (χ0n) is 43.8. The van der Waals surface area contributed by atoms with Crippen LogP contribution in [0.3, 0.4) is 0 Å². The summed E-state index contributed by atoms with van der Waals surface area (Å²) in [6, 6.07) is 4.35. The van der Waals surface area contributed by atoms with Gasteiger partial charge in [0.2, 0.25) is 17.6 Å². The molecule has 16 nitrogen and oxygen atoms in total. The van der Waals surface area contributed by atoms with E-state index in [1.54, 1.807) is 35.0 Å². The number of fused-ring (bicyclic) bond motifs is 1. The Hall–Kier alpha value is -4.19. The average Bonchev–Trinajstić information content (AvgIpc) is 4.00. The molecule has 4 saturated heterocycles. The van der Waals surface area contributed by atoms with Crippen LogP contribution in [0.1, 0.15) is 132 Å². The Morgan fingerprint density at radius 2 is 1.64 bits per heavy atom. The minimum absolute atomic E-state index is 0.0116. The molecule has 5 aliphatic heterocycles. The predicted octanol–water partition coefficient (Wildman–Crippen LogP) is 6.06.